The van der Waals surface area contributed by atoms with Crippen molar-refractivity contribution in [3.8, 4) is 0 Å². The van der Waals surface area contributed by atoms with Crippen molar-refractivity contribution in [2.75, 3.05) is 19.7 Å². The molecule has 0 bridgehead atoms. The van der Waals surface area contributed by atoms with Crippen LogP contribution in [-0.4, -0.2) is 70.0 Å². The third-order valence-corrected chi connectivity index (χ3v) is 3.44. The van der Waals surface area contributed by atoms with E-state index in [1.807, 2.05) is 0 Å². The second-order valence-corrected chi connectivity index (χ2v) is 5.16. The molecule has 0 aromatic heterocycles. The van der Waals surface area contributed by atoms with E-state index < -0.39 is 24.2 Å². The van der Waals surface area contributed by atoms with Crippen LogP contribution in [0.1, 0.15) is 32.6 Å². The number of nitrogens with zero attached hydrogens (tertiary/aromatic N) is 1. The van der Waals surface area contributed by atoms with Crippen LogP contribution in [-0.2, 0) is 9.59 Å². The van der Waals surface area contributed by atoms with Gasteiger partial charge in [-0.3, -0.25) is 9.59 Å². The molecule has 1 aliphatic rings. The number of likely N-dealkylation sites (tertiary alicyclic amines) is 1. The van der Waals surface area contributed by atoms with Gasteiger partial charge in [-0.1, -0.05) is 12.8 Å². The highest BCUT2D eigenvalue weighted by Gasteiger charge is 2.40. The van der Waals surface area contributed by atoms with E-state index in [-0.39, 0.29) is 19.1 Å². The third-order valence-electron chi connectivity index (χ3n) is 3.44. The zero-order valence-corrected chi connectivity index (χ0v) is 11.8. The lowest BCUT2D eigenvalue weighted by molar-refractivity contribution is -0.156. The summed E-state index contributed by atoms with van der Waals surface area (Å²) in [5, 5.41) is 30.7. The van der Waals surface area contributed by atoms with Crippen LogP contribution >= 0.6 is 0 Å². The minimum absolute atomic E-state index is 0.165. The number of hydrogen-bond donors (Lipinski definition) is 4. The number of aliphatic hydroxyl groups excluding tert-OH is 3. The summed E-state index contributed by atoms with van der Waals surface area (Å²) >= 11 is 0. The van der Waals surface area contributed by atoms with Gasteiger partial charge in [-0.05, 0) is 12.8 Å². The number of amides is 2. The van der Waals surface area contributed by atoms with Crippen molar-refractivity contribution in [3.63, 3.8) is 0 Å². The Morgan fingerprint density at radius 1 is 1.30 bits per heavy atom. The molecule has 1 fully saturated rings. The number of piperidine rings is 1. The maximum absolute atomic E-state index is 11.9. The molecular formula is C13H24N2O5. The molecule has 1 heterocycles. The normalized spacial score (nSPS) is 26.7. The van der Waals surface area contributed by atoms with Gasteiger partial charge in [0.2, 0.25) is 5.91 Å². The molecule has 116 valence electrons. The first-order chi connectivity index (χ1) is 9.47. The summed E-state index contributed by atoms with van der Waals surface area (Å²) in [6.45, 7) is 2.17. The molecule has 1 rings (SSSR count). The molecule has 0 radical (unpaired) electrons. The van der Waals surface area contributed by atoms with Crippen molar-refractivity contribution in [2.24, 2.45) is 0 Å². The topological polar surface area (TPSA) is 110 Å². The van der Waals surface area contributed by atoms with E-state index in [9.17, 15) is 19.8 Å². The van der Waals surface area contributed by atoms with Gasteiger partial charge in [-0.15, -0.1) is 0 Å². The second kappa shape index (κ2) is 8.18. The number of hydrogen-bond acceptors (Lipinski definition) is 5. The Hall–Kier alpha value is -1.18. The highest BCUT2D eigenvalue weighted by atomic mass is 16.3. The number of unbranched alkanes of at least 4 members (excludes halogenated alkanes) is 3. The van der Waals surface area contributed by atoms with Crippen LogP contribution in [0.5, 0.6) is 0 Å². The molecule has 0 aliphatic carbocycles. The van der Waals surface area contributed by atoms with Crippen molar-refractivity contribution >= 4 is 11.8 Å². The van der Waals surface area contributed by atoms with Crippen LogP contribution in [0.25, 0.3) is 0 Å². The van der Waals surface area contributed by atoms with Gasteiger partial charge in [0, 0.05) is 26.6 Å². The number of carbonyl (C=O) groups is 2. The first-order valence-corrected chi connectivity index (χ1v) is 7.00. The Morgan fingerprint density at radius 2 is 1.95 bits per heavy atom. The van der Waals surface area contributed by atoms with E-state index in [2.05, 4.69) is 5.32 Å². The smallest absolute Gasteiger partial charge is 0.254 e. The summed E-state index contributed by atoms with van der Waals surface area (Å²) in [7, 11) is 0. The first-order valence-electron chi connectivity index (χ1n) is 7.00. The minimum atomic E-state index is -1.49. The fourth-order valence-corrected chi connectivity index (χ4v) is 2.35. The molecule has 1 aliphatic heterocycles. The summed E-state index contributed by atoms with van der Waals surface area (Å²) in [4.78, 5) is 24.4. The predicted octanol–water partition coefficient (Wildman–Crippen LogP) is -1.39. The molecule has 7 nitrogen and oxygen atoms in total. The molecule has 20 heavy (non-hydrogen) atoms. The van der Waals surface area contributed by atoms with E-state index in [1.54, 1.807) is 0 Å². The Kier molecular flexibility index (Phi) is 6.90. The summed E-state index contributed by atoms with van der Waals surface area (Å²) in [6.07, 6.45) is 0.521. The predicted molar refractivity (Wildman–Crippen MR) is 71.8 cm³/mol. The molecule has 0 spiro atoms. The van der Waals surface area contributed by atoms with E-state index in [0.717, 1.165) is 25.7 Å². The van der Waals surface area contributed by atoms with Crippen LogP contribution in [0.2, 0.25) is 0 Å². The molecule has 2 amide bonds. The third kappa shape index (κ3) is 4.73. The fraction of sp³-hybridized carbons (Fsp3) is 0.846. The zero-order chi connectivity index (χ0) is 15.1. The van der Waals surface area contributed by atoms with E-state index in [0.29, 0.717) is 6.54 Å². The number of rotatable bonds is 7. The van der Waals surface area contributed by atoms with Crippen LogP contribution < -0.4 is 5.32 Å². The van der Waals surface area contributed by atoms with Gasteiger partial charge >= 0.3 is 0 Å². The van der Waals surface area contributed by atoms with Crippen LogP contribution in [0, 0.1) is 0 Å². The second-order valence-electron chi connectivity index (χ2n) is 5.16. The van der Waals surface area contributed by atoms with Gasteiger partial charge < -0.3 is 25.5 Å². The largest absolute Gasteiger partial charge is 0.396 e. The average Bonchev–Trinajstić information content (AvgIpc) is 2.40. The Labute approximate surface area is 118 Å². The van der Waals surface area contributed by atoms with Crippen molar-refractivity contribution < 1.29 is 24.9 Å². The Morgan fingerprint density at radius 3 is 2.55 bits per heavy atom. The Bertz CT molecular complexity index is 337. The number of nitrogens with one attached hydrogen (secondary N) is 1. The quantitative estimate of drug-likeness (QED) is 0.431. The van der Waals surface area contributed by atoms with Gasteiger partial charge in [-0.25, -0.2) is 0 Å². The molecule has 0 aromatic rings. The molecule has 3 atom stereocenters. The van der Waals surface area contributed by atoms with Crippen LogP contribution in [0.3, 0.4) is 0 Å². The molecule has 4 N–H and O–H groups in total. The maximum Gasteiger partial charge on any atom is 0.254 e. The highest BCUT2D eigenvalue weighted by Crippen LogP contribution is 2.15. The van der Waals surface area contributed by atoms with Crippen molar-refractivity contribution in [2.45, 2.75) is 50.9 Å². The lowest BCUT2D eigenvalue weighted by atomic mass is 9.98. The average molecular weight is 288 g/mol. The van der Waals surface area contributed by atoms with Gasteiger partial charge in [0.25, 0.3) is 5.91 Å². The summed E-state index contributed by atoms with van der Waals surface area (Å²) in [5.74, 6) is -0.806. The SMILES string of the molecule is CC(=O)N[C@H]1CN(CCCCCCO)C(=O)[C@@H](O)[C@@H]1O. The first kappa shape index (κ1) is 16.9. The monoisotopic (exact) mass is 288 g/mol. The lowest BCUT2D eigenvalue weighted by Gasteiger charge is -2.39. The van der Waals surface area contributed by atoms with Gasteiger partial charge in [0.05, 0.1) is 6.04 Å². The molecule has 0 saturated carbocycles. The number of carbonyl (C=O) groups excluding carboxylic acids is 2. The molecule has 7 heteroatoms. The van der Waals surface area contributed by atoms with Gasteiger partial charge in [-0.2, -0.15) is 0 Å². The minimum Gasteiger partial charge on any atom is -0.396 e. The van der Waals surface area contributed by atoms with Crippen molar-refractivity contribution in [1.82, 2.24) is 10.2 Å². The standard InChI is InChI=1S/C13H24N2O5/c1-9(17)14-10-8-15(6-4-2-3-5-7-16)13(20)12(19)11(10)18/h10-12,16,18-19H,2-8H2,1H3,(H,14,17)/t10-,11+,12-/m0/s1. The number of aliphatic hydroxyl groups is 3. The summed E-state index contributed by atoms with van der Waals surface area (Å²) in [5.41, 5.74) is 0. The Balaban J connectivity index is 2.48. The summed E-state index contributed by atoms with van der Waals surface area (Å²) < 4.78 is 0. The van der Waals surface area contributed by atoms with Crippen molar-refractivity contribution in [3.05, 3.63) is 0 Å². The van der Waals surface area contributed by atoms with Crippen molar-refractivity contribution in [1.29, 1.82) is 0 Å². The van der Waals surface area contributed by atoms with E-state index >= 15 is 0 Å². The molecule has 1 saturated heterocycles. The van der Waals surface area contributed by atoms with Gasteiger partial charge in [0.15, 0.2) is 6.10 Å². The molecular weight excluding hydrogens is 264 g/mol. The van der Waals surface area contributed by atoms with Crippen LogP contribution in [0.15, 0.2) is 0 Å². The van der Waals surface area contributed by atoms with Gasteiger partial charge in [0.1, 0.15) is 6.10 Å². The van der Waals surface area contributed by atoms with E-state index in [4.69, 9.17) is 5.11 Å². The zero-order valence-electron chi connectivity index (χ0n) is 11.8. The lowest BCUT2D eigenvalue weighted by Crippen LogP contribution is -2.63. The van der Waals surface area contributed by atoms with E-state index in [1.165, 1.54) is 11.8 Å². The summed E-state index contributed by atoms with van der Waals surface area (Å²) in [6, 6.07) is -0.641. The highest BCUT2D eigenvalue weighted by molar-refractivity contribution is 5.83. The molecule has 0 unspecified atom stereocenters. The van der Waals surface area contributed by atoms with Crippen LogP contribution in [0.4, 0.5) is 0 Å². The molecule has 0 aromatic carbocycles. The fourth-order valence-electron chi connectivity index (χ4n) is 2.35. The maximum atomic E-state index is 11.9.